The Morgan fingerprint density at radius 1 is 0.758 bits per heavy atom. The third-order valence-electron chi connectivity index (χ3n) is 4.64. The first kappa shape index (κ1) is 27.0. The molecule has 1 aliphatic heterocycles. The predicted octanol–water partition coefficient (Wildman–Crippen LogP) is 5.03. The van der Waals surface area contributed by atoms with E-state index in [1.807, 2.05) is 18.2 Å². The molecule has 3 aromatic rings. The molecular formula is C29H36N2ORu-2. The van der Waals surface area contributed by atoms with Crippen LogP contribution < -0.4 is 15.4 Å². The van der Waals surface area contributed by atoms with Crippen molar-refractivity contribution in [2.75, 3.05) is 20.2 Å². The van der Waals surface area contributed by atoms with Crippen LogP contribution in [0.5, 0.6) is 5.75 Å². The molecule has 1 saturated heterocycles. The zero-order valence-electron chi connectivity index (χ0n) is 20.9. The molecule has 0 atom stereocenters. The summed E-state index contributed by atoms with van der Waals surface area (Å²) in [5.41, 5.74) is 8.74. The number of hydrogen-bond donors (Lipinski definition) is 2. The number of benzene rings is 3. The van der Waals surface area contributed by atoms with Crippen LogP contribution in [0.25, 0.3) is 0 Å². The van der Waals surface area contributed by atoms with Crippen LogP contribution in [0.3, 0.4) is 0 Å². The number of nitrogens with one attached hydrogen (secondary N) is 2. The van der Waals surface area contributed by atoms with Crippen molar-refractivity contribution in [1.82, 2.24) is 10.6 Å². The molecular weight excluding hydrogens is 493 g/mol. The van der Waals surface area contributed by atoms with E-state index in [2.05, 4.69) is 99.2 Å². The minimum absolute atomic E-state index is 0.0899. The Morgan fingerprint density at radius 2 is 1.21 bits per heavy atom. The summed E-state index contributed by atoms with van der Waals surface area (Å²) in [6.07, 6.45) is 0. The van der Waals surface area contributed by atoms with Gasteiger partial charge in [0, 0.05) is 0 Å². The summed E-state index contributed by atoms with van der Waals surface area (Å²) in [6.45, 7) is 14.6. The van der Waals surface area contributed by atoms with Crippen molar-refractivity contribution in [1.29, 1.82) is 0 Å². The fourth-order valence-electron chi connectivity index (χ4n) is 3.55. The van der Waals surface area contributed by atoms with Crippen molar-refractivity contribution < 1.29 is 21.0 Å². The van der Waals surface area contributed by atoms with Gasteiger partial charge in [0.15, 0.2) is 0 Å². The Morgan fingerprint density at radius 3 is 1.64 bits per heavy atom. The summed E-state index contributed by atoms with van der Waals surface area (Å²) in [5.74, 6) is 0.949. The van der Waals surface area contributed by atoms with E-state index in [0.29, 0.717) is 0 Å². The van der Waals surface area contributed by atoms with Crippen molar-refractivity contribution in [3.63, 3.8) is 0 Å². The Labute approximate surface area is 207 Å². The Kier molecular flexibility index (Phi) is 11.5. The topological polar surface area (TPSA) is 33.3 Å². The molecule has 4 heteroatoms. The summed E-state index contributed by atoms with van der Waals surface area (Å²) in [7, 11) is 1.71. The van der Waals surface area contributed by atoms with Crippen molar-refractivity contribution in [2.45, 2.75) is 41.5 Å². The molecule has 0 unspecified atom stereocenters. The van der Waals surface area contributed by atoms with E-state index in [4.69, 9.17) is 4.74 Å². The smallest absolute Gasteiger partial charge is 0.0626 e. The van der Waals surface area contributed by atoms with Gasteiger partial charge in [-0.2, -0.15) is 69.8 Å². The standard InChI is InChI=1S/2C9H11.C8H8O.C3H6N2.Ru/c2*1-7-4-8(2)6-9(3)5-7;1-7-5-3-4-6-8(7)9-2;1-2-5-3-4-1;/h2*4-5H,1-3H3;1,3-6H,2H3;4-5H,1-2H2;/q2*-1;;;. The molecule has 0 aromatic heterocycles. The number of methoxy groups -OCH3 is 1. The molecule has 0 saturated carbocycles. The van der Waals surface area contributed by atoms with E-state index >= 15 is 0 Å². The van der Waals surface area contributed by atoms with E-state index in [9.17, 15) is 0 Å². The Bertz CT molecular complexity index is 956. The molecule has 0 amide bonds. The molecule has 0 bridgehead atoms. The van der Waals surface area contributed by atoms with Gasteiger partial charge in [0.1, 0.15) is 0 Å². The van der Waals surface area contributed by atoms with Crippen LogP contribution >= 0.6 is 0 Å². The molecule has 33 heavy (non-hydrogen) atoms. The van der Waals surface area contributed by atoms with Gasteiger partial charge in [0.05, 0.1) is 0 Å². The average Bonchev–Trinajstić information content (AvgIpc) is 3.25. The summed E-state index contributed by atoms with van der Waals surface area (Å²) < 4.78 is 8.84. The number of rotatable bonds is 2. The first-order chi connectivity index (χ1) is 15.8. The normalized spacial score (nSPS) is 12.3. The second kappa shape index (κ2) is 14.1. The monoisotopic (exact) mass is 530 g/mol. The number of hydrogen-bond acceptors (Lipinski definition) is 3. The van der Waals surface area contributed by atoms with Crippen LogP contribution in [0, 0.1) is 53.7 Å². The first-order valence-electron chi connectivity index (χ1n) is 11.1. The van der Waals surface area contributed by atoms with Crippen molar-refractivity contribution >= 4 is 8.96 Å². The van der Waals surface area contributed by atoms with Crippen LogP contribution in [0.2, 0.25) is 0 Å². The molecule has 1 fully saturated rings. The van der Waals surface area contributed by atoms with Gasteiger partial charge in [-0.1, -0.05) is 41.5 Å². The number of aryl methyl sites for hydroxylation is 6. The van der Waals surface area contributed by atoms with Crippen molar-refractivity contribution in [3.05, 3.63) is 99.6 Å². The minimum atomic E-state index is 0.0899. The Hall–Kier alpha value is -2.26. The molecule has 0 radical (unpaired) electrons. The largest absolute Gasteiger partial charge is 0.177 e. The number of para-hydroxylation sites is 1. The molecule has 178 valence electrons. The van der Waals surface area contributed by atoms with Crippen molar-refractivity contribution in [3.8, 4) is 5.75 Å². The third kappa shape index (κ3) is 10.5. The molecule has 3 nitrogen and oxygen atoms in total. The molecule has 3 aromatic carbocycles. The zero-order chi connectivity index (χ0) is 24.2. The molecule has 1 heterocycles. The molecule has 0 spiro atoms. The quantitative estimate of drug-likeness (QED) is 0.361. The number of ether oxygens (including phenoxy) is 1. The maximum atomic E-state index is 5.29. The fourth-order valence-corrected chi connectivity index (χ4v) is 5.27. The zero-order valence-corrected chi connectivity index (χ0v) is 22.6. The summed E-state index contributed by atoms with van der Waals surface area (Å²) in [5, 5.41) is 6.68. The van der Waals surface area contributed by atoms with Gasteiger partial charge in [-0.05, 0) is 0 Å². The average molecular weight is 530 g/mol. The summed E-state index contributed by atoms with van der Waals surface area (Å²) in [6, 6.07) is 23.1. The molecule has 0 aliphatic carbocycles. The van der Waals surface area contributed by atoms with Crippen molar-refractivity contribution in [2.24, 2.45) is 0 Å². The predicted molar refractivity (Wildman–Crippen MR) is 138 cm³/mol. The van der Waals surface area contributed by atoms with Crippen LogP contribution in [-0.2, 0) is 16.2 Å². The first-order valence-corrected chi connectivity index (χ1v) is 13.0. The maximum absolute atomic E-state index is 5.29. The van der Waals surface area contributed by atoms with E-state index in [1.165, 1.54) is 43.3 Å². The molecule has 4 rings (SSSR count). The van der Waals surface area contributed by atoms with Gasteiger partial charge in [-0.3, -0.25) is 0 Å². The second-order valence-electron chi connectivity index (χ2n) is 8.15. The van der Waals surface area contributed by atoms with Gasteiger partial charge < -0.3 is 0 Å². The van der Waals surface area contributed by atoms with Gasteiger partial charge in [0.2, 0.25) is 0 Å². The fraction of sp³-hybridized carbons (Fsp3) is 0.310. The van der Waals surface area contributed by atoms with Crippen LogP contribution in [0.15, 0.2) is 48.5 Å². The molecule has 2 N–H and O–H groups in total. The van der Waals surface area contributed by atoms with Gasteiger partial charge >= 0.3 is 96.3 Å². The maximum Gasteiger partial charge on any atom is -0.0626 e. The molecule has 1 aliphatic rings. The van der Waals surface area contributed by atoms with Gasteiger partial charge in [-0.25, -0.2) is 0 Å². The minimum Gasteiger partial charge on any atom is -0.177 e. The van der Waals surface area contributed by atoms with Crippen LogP contribution in [0.4, 0.5) is 0 Å². The van der Waals surface area contributed by atoms with Gasteiger partial charge in [-0.15, -0.1) is 0 Å². The Balaban J connectivity index is 0.000000186. The summed E-state index contributed by atoms with van der Waals surface area (Å²) >= 11 is 0.0899. The summed E-state index contributed by atoms with van der Waals surface area (Å²) in [4.78, 5) is 0. The van der Waals surface area contributed by atoms with Gasteiger partial charge in [0.25, 0.3) is 0 Å². The second-order valence-corrected chi connectivity index (χ2v) is 10.0. The van der Waals surface area contributed by atoms with E-state index in [1.54, 1.807) is 7.11 Å². The van der Waals surface area contributed by atoms with E-state index in [-0.39, 0.29) is 16.2 Å². The van der Waals surface area contributed by atoms with E-state index < -0.39 is 0 Å². The van der Waals surface area contributed by atoms with E-state index in [0.717, 1.165) is 18.8 Å². The SMILES string of the molecule is COc1ccccc1[CH]=[Ru]=[C]1NCCN1.Cc1[c-]c(C)cc(C)c1.Cc1[c-]c(C)cc(C)c1. The third-order valence-corrected chi connectivity index (χ3v) is 6.55. The van der Waals surface area contributed by atoms with Crippen LogP contribution in [-0.4, -0.2) is 29.2 Å². The van der Waals surface area contributed by atoms with Crippen LogP contribution in [0.1, 0.15) is 38.9 Å².